The van der Waals surface area contributed by atoms with Gasteiger partial charge < -0.3 is 9.84 Å². The smallest absolute Gasteiger partial charge is 0.308 e. The van der Waals surface area contributed by atoms with E-state index in [9.17, 15) is 4.79 Å². The van der Waals surface area contributed by atoms with Crippen LogP contribution in [0.3, 0.4) is 0 Å². The van der Waals surface area contributed by atoms with Gasteiger partial charge in [-0.15, -0.1) is 21.5 Å². The predicted molar refractivity (Wildman–Crippen MR) is 70.9 cm³/mol. The SMILES string of the molecule is COc1ccc(Sc2nc(C)c(CC(=O)O)s2)nn1. The number of carboxylic acids is 1. The number of aliphatic carboxylic acids is 1. The zero-order chi connectivity index (χ0) is 13.8. The van der Waals surface area contributed by atoms with E-state index < -0.39 is 5.97 Å². The van der Waals surface area contributed by atoms with E-state index in [0.717, 1.165) is 14.9 Å². The number of carbonyl (C=O) groups is 1. The summed E-state index contributed by atoms with van der Waals surface area (Å²) < 4.78 is 5.68. The van der Waals surface area contributed by atoms with Crippen LogP contribution < -0.4 is 4.74 Å². The van der Waals surface area contributed by atoms with Crippen molar-refractivity contribution in [2.75, 3.05) is 7.11 Å². The van der Waals surface area contributed by atoms with Crippen LogP contribution in [-0.4, -0.2) is 33.4 Å². The van der Waals surface area contributed by atoms with Crippen LogP contribution >= 0.6 is 23.1 Å². The molecule has 2 heterocycles. The highest BCUT2D eigenvalue weighted by atomic mass is 32.2. The van der Waals surface area contributed by atoms with Crippen LogP contribution in [0.4, 0.5) is 0 Å². The molecule has 0 fully saturated rings. The largest absolute Gasteiger partial charge is 0.481 e. The molecule has 8 heteroatoms. The lowest BCUT2D eigenvalue weighted by Gasteiger charge is -1.98. The number of ether oxygens (including phenoxy) is 1. The topological polar surface area (TPSA) is 85.2 Å². The minimum absolute atomic E-state index is 0.00164. The van der Waals surface area contributed by atoms with E-state index in [1.54, 1.807) is 19.1 Å². The first-order valence-electron chi connectivity index (χ1n) is 5.32. The lowest BCUT2D eigenvalue weighted by Crippen LogP contribution is -1.99. The lowest BCUT2D eigenvalue weighted by molar-refractivity contribution is -0.136. The van der Waals surface area contributed by atoms with Gasteiger partial charge in [-0.05, 0) is 24.8 Å². The third-order valence-corrected chi connectivity index (χ3v) is 4.35. The van der Waals surface area contributed by atoms with Gasteiger partial charge in [0.25, 0.3) is 0 Å². The van der Waals surface area contributed by atoms with E-state index in [2.05, 4.69) is 15.2 Å². The fourth-order valence-corrected chi connectivity index (χ4v) is 3.39. The first-order valence-corrected chi connectivity index (χ1v) is 6.95. The number of aryl methyl sites for hydroxylation is 1. The summed E-state index contributed by atoms with van der Waals surface area (Å²) in [5.41, 5.74) is 0.747. The first-order chi connectivity index (χ1) is 9.08. The Kier molecular flexibility index (Phi) is 4.33. The molecule has 2 aromatic rings. The summed E-state index contributed by atoms with van der Waals surface area (Å²) in [5.74, 6) is -0.404. The molecule has 0 bridgehead atoms. The minimum Gasteiger partial charge on any atom is -0.481 e. The van der Waals surface area contributed by atoms with Crippen LogP contribution in [0.5, 0.6) is 5.88 Å². The summed E-state index contributed by atoms with van der Waals surface area (Å²) in [5, 5.41) is 17.3. The van der Waals surface area contributed by atoms with E-state index in [0.29, 0.717) is 10.9 Å². The highest BCUT2D eigenvalue weighted by Crippen LogP contribution is 2.32. The number of carboxylic acid groups (broad SMARTS) is 1. The molecule has 0 aliphatic rings. The maximum Gasteiger partial charge on any atom is 0.308 e. The molecule has 6 nitrogen and oxygen atoms in total. The molecule has 2 rings (SSSR count). The summed E-state index contributed by atoms with van der Waals surface area (Å²) in [6.07, 6.45) is -0.00164. The van der Waals surface area contributed by atoms with Gasteiger partial charge in [0, 0.05) is 10.9 Å². The highest BCUT2D eigenvalue weighted by Gasteiger charge is 2.12. The maximum atomic E-state index is 10.7. The van der Waals surface area contributed by atoms with Crippen LogP contribution in [0.1, 0.15) is 10.6 Å². The van der Waals surface area contributed by atoms with Gasteiger partial charge in [0.15, 0.2) is 4.34 Å². The number of hydrogen-bond donors (Lipinski definition) is 1. The second-order valence-corrected chi connectivity index (χ2v) is 5.93. The van der Waals surface area contributed by atoms with Gasteiger partial charge in [0.1, 0.15) is 5.03 Å². The van der Waals surface area contributed by atoms with Crippen LogP contribution in [-0.2, 0) is 11.2 Å². The Hall–Kier alpha value is -1.67. The molecule has 0 spiro atoms. The lowest BCUT2D eigenvalue weighted by atomic mass is 10.3. The second-order valence-electron chi connectivity index (χ2n) is 3.57. The van der Waals surface area contributed by atoms with Crippen molar-refractivity contribution in [2.24, 2.45) is 0 Å². The zero-order valence-electron chi connectivity index (χ0n) is 10.3. The minimum atomic E-state index is -0.854. The second kappa shape index (κ2) is 5.98. The normalized spacial score (nSPS) is 10.4. The number of rotatable bonds is 5. The van der Waals surface area contributed by atoms with Crippen LogP contribution in [0.25, 0.3) is 0 Å². The number of hydrogen-bond acceptors (Lipinski definition) is 7. The van der Waals surface area contributed by atoms with Crippen molar-refractivity contribution in [1.82, 2.24) is 15.2 Å². The Balaban J connectivity index is 2.12. The van der Waals surface area contributed by atoms with Gasteiger partial charge >= 0.3 is 5.97 Å². The summed E-state index contributed by atoms with van der Waals surface area (Å²) in [6.45, 7) is 1.80. The van der Waals surface area contributed by atoms with E-state index >= 15 is 0 Å². The van der Waals surface area contributed by atoms with Crippen molar-refractivity contribution in [3.8, 4) is 5.88 Å². The molecular formula is C11H11N3O3S2. The molecule has 19 heavy (non-hydrogen) atoms. The van der Waals surface area contributed by atoms with E-state index in [-0.39, 0.29) is 6.42 Å². The molecule has 0 aliphatic carbocycles. The number of methoxy groups -OCH3 is 1. The van der Waals surface area contributed by atoms with Gasteiger partial charge in [-0.3, -0.25) is 4.79 Å². The average Bonchev–Trinajstić information content (AvgIpc) is 2.70. The maximum absolute atomic E-state index is 10.7. The summed E-state index contributed by atoms with van der Waals surface area (Å²) >= 11 is 2.72. The van der Waals surface area contributed by atoms with Crippen molar-refractivity contribution < 1.29 is 14.6 Å². The first kappa shape index (κ1) is 13.8. The molecule has 0 radical (unpaired) electrons. The Morgan fingerprint density at radius 2 is 2.26 bits per heavy atom. The highest BCUT2D eigenvalue weighted by molar-refractivity contribution is 8.01. The van der Waals surface area contributed by atoms with Crippen molar-refractivity contribution in [2.45, 2.75) is 22.7 Å². The Morgan fingerprint density at radius 3 is 2.84 bits per heavy atom. The molecule has 1 N–H and O–H groups in total. The van der Waals surface area contributed by atoms with Crippen LogP contribution in [0.15, 0.2) is 21.5 Å². The Bertz CT molecular complexity index is 583. The fraction of sp³-hybridized carbons (Fsp3) is 0.273. The molecule has 2 aromatic heterocycles. The zero-order valence-corrected chi connectivity index (χ0v) is 11.9. The van der Waals surface area contributed by atoms with Crippen LogP contribution in [0, 0.1) is 6.92 Å². The predicted octanol–water partition coefficient (Wildman–Crippen LogP) is 2.03. The van der Waals surface area contributed by atoms with Crippen LogP contribution in [0.2, 0.25) is 0 Å². The summed E-state index contributed by atoms with van der Waals surface area (Å²) in [4.78, 5) is 15.8. The molecular weight excluding hydrogens is 286 g/mol. The Labute approximate surface area is 117 Å². The molecule has 0 amide bonds. The monoisotopic (exact) mass is 297 g/mol. The standard InChI is InChI=1S/C11H11N3O3S2/c1-6-7(5-10(15)16)18-11(12-6)19-9-4-3-8(17-2)13-14-9/h3-4H,5H2,1-2H3,(H,15,16). The average molecular weight is 297 g/mol. The van der Waals surface area contributed by atoms with Crippen molar-refractivity contribution >= 4 is 29.1 Å². The van der Waals surface area contributed by atoms with Gasteiger partial charge in [-0.25, -0.2) is 4.98 Å². The Morgan fingerprint density at radius 1 is 1.47 bits per heavy atom. The molecule has 0 unspecified atom stereocenters. The molecule has 100 valence electrons. The quantitative estimate of drug-likeness (QED) is 0.903. The van der Waals surface area contributed by atoms with Gasteiger partial charge in [0.05, 0.1) is 19.2 Å². The summed E-state index contributed by atoms with van der Waals surface area (Å²) in [7, 11) is 1.53. The fourth-order valence-electron chi connectivity index (χ4n) is 1.31. The number of nitrogens with zero attached hydrogens (tertiary/aromatic N) is 3. The van der Waals surface area contributed by atoms with E-state index in [4.69, 9.17) is 9.84 Å². The molecule has 0 atom stereocenters. The number of aromatic nitrogens is 3. The van der Waals surface area contributed by atoms with Crippen molar-refractivity contribution in [3.05, 3.63) is 22.7 Å². The van der Waals surface area contributed by atoms with Gasteiger partial charge in [0.2, 0.25) is 5.88 Å². The van der Waals surface area contributed by atoms with E-state index in [1.165, 1.54) is 30.2 Å². The molecule has 0 saturated heterocycles. The molecule has 0 aromatic carbocycles. The van der Waals surface area contributed by atoms with Crippen molar-refractivity contribution in [1.29, 1.82) is 0 Å². The molecule has 0 aliphatic heterocycles. The summed E-state index contributed by atoms with van der Waals surface area (Å²) in [6, 6.07) is 3.50. The number of thiazole rings is 1. The molecule has 0 saturated carbocycles. The van der Waals surface area contributed by atoms with Gasteiger partial charge in [-0.2, -0.15) is 0 Å². The van der Waals surface area contributed by atoms with Gasteiger partial charge in [-0.1, -0.05) is 0 Å². The third-order valence-electron chi connectivity index (χ3n) is 2.20. The van der Waals surface area contributed by atoms with Crippen molar-refractivity contribution in [3.63, 3.8) is 0 Å². The third kappa shape index (κ3) is 3.65. The van der Waals surface area contributed by atoms with E-state index in [1.807, 2.05) is 0 Å².